The second-order valence-corrected chi connectivity index (χ2v) is 6.89. The maximum absolute atomic E-state index is 12.2. The van der Waals surface area contributed by atoms with E-state index in [1.165, 1.54) is 6.20 Å². The van der Waals surface area contributed by atoms with Gasteiger partial charge < -0.3 is 14.8 Å². The molecule has 1 saturated heterocycles. The Balaban J connectivity index is 1.65. The summed E-state index contributed by atoms with van der Waals surface area (Å²) in [7, 11) is 1.62. The van der Waals surface area contributed by atoms with E-state index in [0.29, 0.717) is 22.3 Å². The van der Waals surface area contributed by atoms with Crippen LogP contribution in [0.2, 0.25) is 5.15 Å². The van der Waals surface area contributed by atoms with Crippen molar-refractivity contribution in [3.63, 3.8) is 0 Å². The number of ether oxygens (including phenoxy) is 2. The lowest BCUT2D eigenvalue weighted by atomic mass is 10.1. The number of morpholine rings is 1. The highest BCUT2D eigenvalue weighted by atomic mass is 35.5. The molecule has 0 spiro atoms. The minimum atomic E-state index is -0.341. The summed E-state index contributed by atoms with van der Waals surface area (Å²) in [4.78, 5) is 18.7. The highest BCUT2D eigenvalue weighted by molar-refractivity contribution is 6.30. The molecule has 2 aromatic heterocycles. The van der Waals surface area contributed by atoms with E-state index in [2.05, 4.69) is 25.4 Å². The maximum Gasteiger partial charge on any atom is 0.275 e. The molecule has 146 valence electrons. The average Bonchev–Trinajstić information content (AvgIpc) is 2.69. The van der Waals surface area contributed by atoms with Crippen molar-refractivity contribution in [2.45, 2.75) is 6.54 Å². The lowest BCUT2D eigenvalue weighted by Gasteiger charge is -2.26. The number of fused-ring (bicyclic) bond motifs is 1. The number of rotatable bonds is 5. The Labute approximate surface area is 166 Å². The Hall–Kier alpha value is -2.68. The van der Waals surface area contributed by atoms with Crippen molar-refractivity contribution in [1.82, 2.24) is 20.1 Å². The summed E-state index contributed by atoms with van der Waals surface area (Å²) >= 11 is 6.11. The molecule has 1 aromatic carbocycles. The first-order valence-electron chi connectivity index (χ1n) is 8.92. The first-order chi connectivity index (χ1) is 13.6. The minimum Gasteiger partial charge on any atom is -0.495 e. The van der Waals surface area contributed by atoms with Gasteiger partial charge in [-0.1, -0.05) is 17.7 Å². The summed E-state index contributed by atoms with van der Waals surface area (Å²) in [5.74, 6) is 0.678. The normalized spacial score (nSPS) is 14.9. The van der Waals surface area contributed by atoms with Crippen LogP contribution in [0.5, 0.6) is 5.75 Å². The molecule has 0 radical (unpaired) electrons. The Bertz CT molecular complexity index is 1050. The van der Waals surface area contributed by atoms with Gasteiger partial charge in [0.15, 0.2) is 0 Å². The monoisotopic (exact) mass is 401 g/mol. The summed E-state index contributed by atoms with van der Waals surface area (Å²) < 4.78 is 11.0. The fraction of sp³-hybridized carbons (Fsp3) is 0.316. The third-order valence-electron chi connectivity index (χ3n) is 4.64. The Kier molecular flexibility index (Phi) is 5.43. The molecule has 28 heavy (non-hydrogen) atoms. The van der Waals surface area contributed by atoms with E-state index in [1.54, 1.807) is 13.2 Å². The number of halogens is 1. The van der Waals surface area contributed by atoms with E-state index in [0.717, 1.165) is 44.1 Å². The average molecular weight is 402 g/mol. The first kappa shape index (κ1) is 18.7. The molecule has 2 N–H and O–H groups in total. The number of aromatic amines is 1. The molecule has 0 saturated carbocycles. The van der Waals surface area contributed by atoms with Crippen LogP contribution < -0.4 is 15.6 Å². The third-order valence-corrected chi connectivity index (χ3v) is 4.83. The summed E-state index contributed by atoms with van der Waals surface area (Å²) in [6, 6.07) is 7.58. The Morgan fingerprint density at radius 1 is 1.29 bits per heavy atom. The van der Waals surface area contributed by atoms with Gasteiger partial charge >= 0.3 is 0 Å². The number of benzene rings is 1. The lowest BCUT2D eigenvalue weighted by molar-refractivity contribution is 0.0342. The number of nitrogens with zero attached hydrogens (tertiary/aromatic N) is 3. The van der Waals surface area contributed by atoms with Gasteiger partial charge in [0.05, 0.1) is 48.8 Å². The lowest BCUT2D eigenvalue weighted by Crippen LogP contribution is -2.35. The van der Waals surface area contributed by atoms with Crippen molar-refractivity contribution < 1.29 is 9.47 Å². The van der Waals surface area contributed by atoms with Crippen LogP contribution in [0.4, 0.5) is 11.4 Å². The molecule has 0 aliphatic carbocycles. The molecule has 3 aromatic rings. The van der Waals surface area contributed by atoms with Crippen LogP contribution >= 0.6 is 11.6 Å². The molecular weight excluding hydrogens is 382 g/mol. The minimum absolute atomic E-state index is 0.269. The molecule has 3 heterocycles. The summed E-state index contributed by atoms with van der Waals surface area (Å²) in [5.41, 5.74) is 2.49. The molecule has 4 rings (SSSR count). The predicted octanol–water partition coefficient (Wildman–Crippen LogP) is 2.56. The van der Waals surface area contributed by atoms with Crippen LogP contribution in [0.3, 0.4) is 0 Å². The zero-order valence-electron chi connectivity index (χ0n) is 15.4. The van der Waals surface area contributed by atoms with Crippen molar-refractivity contribution in [3.8, 4) is 5.75 Å². The van der Waals surface area contributed by atoms with Crippen molar-refractivity contribution in [1.29, 1.82) is 0 Å². The topological polar surface area (TPSA) is 92.4 Å². The molecule has 9 heteroatoms. The van der Waals surface area contributed by atoms with Gasteiger partial charge in [-0.3, -0.25) is 9.69 Å². The zero-order valence-corrected chi connectivity index (χ0v) is 16.1. The van der Waals surface area contributed by atoms with Gasteiger partial charge in [-0.2, -0.15) is 5.10 Å². The molecule has 0 unspecified atom stereocenters. The second-order valence-electron chi connectivity index (χ2n) is 6.50. The van der Waals surface area contributed by atoms with Crippen molar-refractivity contribution >= 4 is 33.9 Å². The molecule has 8 nitrogen and oxygen atoms in total. The highest BCUT2D eigenvalue weighted by Crippen LogP contribution is 2.32. The van der Waals surface area contributed by atoms with E-state index in [4.69, 9.17) is 21.1 Å². The smallest absolute Gasteiger partial charge is 0.275 e. The molecule has 1 aliphatic heterocycles. The van der Waals surface area contributed by atoms with Crippen molar-refractivity contribution in [2.24, 2.45) is 0 Å². The van der Waals surface area contributed by atoms with E-state index in [9.17, 15) is 4.79 Å². The summed E-state index contributed by atoms with van der Waals surface area (Å²) in [6.45, 7) is 4.18. The van der Waals surface area contributed by atoms with Crippen LogP contribution in [0.1, 0.15) is 5.56 Å². The number of aromatic nitrogens is 3. The predicted molar refractivity (Wildman–Crippen MR) is 108 cm³/mol. The number of hydrogen-bond acceptors (Lipinski definition) is 7. The number of anilines is 2. The number of pyridine rings is 1. The molecule has 0 amide bonds. The van der Waals surface area contributed by atoms with Gasteiger partial charge in [-0.25, -0.2) is 10.1 Å². The zero-order chi connectivity index (χ0) is 19.5. The number of nitrogens with one attached hydrogen (secondary N) is 2. The molecule has 1 aliphatic rings. The standard InChI is InChI=1S/C19H20ClN5O3/c1-27-16-8-12(11-25-4-6-28-7-5-25)2-3-13(16)22-14-9-17(20)23-15-10-21-24-19(26)18(14)15/h2-3,8-10H,4-7,11H2,1H3,(H,22,23)(H,24,26). The fourth-order valence-electron chi connectivity index (χ4n) is 3.27. The van der Waals surface area contributed by atoms with Gasteiger partial charge in [0.1, 0.15) is 10.9 Å². The van der Waals surface area contributed by atoms with Crippen molar-refractivity contribution in [2.75, 3.05) is 38.7 Å². The van der Waals surface area contributed by atoms with Crippen LogP contribution in [-0.4, -0.2) is 53.5 Å². The second kappa shape index (κ2) is 8.14. The van der Waals surface area contributed by atoms with E-state index < -0.39 is 0 Å². The van der Waals surface area contributed by atoms with Crippen LogP contribution in [0.25, 0.3) is 10.9 Å². The number of methoxy groups -OCH3 is 1. The van der Waals surface area contributed by atoms with Crippen LogP contribution in [0, 0.1) is 0 Å². The molecular formula is C19H20ClN5O3. The largest absolute Gasteiger partial charge is 0.495 e. The van der Waals surface area contributed by atoms with Crippen LogP contribution in [-0.2, 0) is 11.3 Å². The van der Waals surface area contributed by atoms with E-state index in [-0.39, 0.29) is 10.7 Å². The number of H-pyrrole nitrogens is 1. The van der Waals surface area contributed by atoms with Gasteiger partial charge in [0.25, 0.3) is 5.56 Å². The summed E-state index contributed by atoms with van der Waals surface area (Å²) in [6.07, 6.45) is 1.47. The van der Waals surface area contributed by atoms with E-state index in [1.807, 2.05) is 18.2 Å². The van der Waals surface area contributed by atoms with Gasteiger partial charge in [0, 0.05) is 19.6 Å². The number of hydrogen-bond donors (Lipinski definition) is 2. The Morgan fingerprint density at radius 3 is 2.89 bits per heavy atom. The van der Waals surface area contributed by atoms with Gasteiger partial charge in [-0.15, -0.1) is 0 Å². The van der Waals surface area contributed by atoms with Crippen molar-refractivity contribution in [3.05, 3.63) is 51.5 Å². The van der Waals surface area contributed by atoms with E-state index >= 15 is 0 Å². The third kappa shape index (κ3) is 3.94. The molecule has 0 bridgehead atoms. The quantitative estimate of drug-likeness (QED) is 0.634. The Morgan fingerprint density at radius 2 is 2.11 bits per heavy atom. The van der Waals surface area contributed by atoms with Gasteiger partial charge in [-0.05, 0) is 23.8 Å². The summed E-state index contributed by atoms with van der Waals surface area (Å²) in [5, 5.41) is 10.1. The maximum atomic E-state index is 12.2. The van der Waals surface area contributed by atoms with Crippen LogP contribution in [0.15, 0.2) is 35.3 Å². The fourth-order valence-corrected chi connectivity index (χ4v) is 3.47. The first-order valence-corrected chi connectivity index (χ1v) is 9.30. The SMILES string of the molecule is COc1cc(CN2CCOCC2)ccc1Nc1cc(Cl)nc2cn[nH]c(=O)c12. The molecule has 0 atom stereocenters. The van der Waals surface area contributed by atoms with Gasteiger partial charge in [0.2, 0.25) is 0 Å². The molecule has 1 fully saturated rings. The highest BCUT2D eigenvalue weighted by Gasteiger charge is 2.14.